The molecule has 2 bridgehead atoms. The van der Waals surface area contributed by atoms with Gasteiger partial charge in [0.25, 0.3) is 5.91 Å². The molecule has 42 heavy (non-hydrogen) atoms. The van der Waals surface area contributed by atoms with Crippen LogP contribution in [-0.4, -0.2) is 101 Å². The molecule has 228 valence electrons. The van der Waals surface area contributed by atoms with E-state index in [1.807, 2.05) is 29.1 Å². The average molecular weight is 581 g/mol. The number of carbonyl (C=O) groups is 2. The molecule has 2 saturated heterocycles. The summed E-state index contributed by atoms with van der Waals surface area (Å²) in [6, 6.07) is 6.73. The third kappa shape index (κ3) is 6.63. The highest BCUT2D eigenvalue weighted by Crippen LogP contribution is 2.32. The Morgan fingerprint density at radius 2 is 1.90 bits per heavy atom. The van der Waals surface area contributed by atoms with Gasteiger partial charge >= 0.3 is 0 Å². The summed E-state index contributed by atoms with van der Waals surface area (Å²) in [5, 5.41) is 11.8. The summed E-state index contributed by atoms with van der Waals surface area (Å²) in [6.07, 6.45) is 10.3. The number of hydrogen-bond donors (Lipinski definition) is 1. The second kappa shape index (κ2) is 13.5. The minimum Gasteiger partial charge on any atom is -0.493 e. The monoisotopic (exact) mass is 580 g/mol. The molecule has 1 aromatic carbocycles. The number of piperazine rings is 1. The van der Waals surface area contributed by atoms with Gasteiger partial charge in [-0.2, -0.15) is 0 Å². The molecule has 1 saturated carbocycles. The fourth-order valence-corrected chi connectivity index (χ4v) is 7.09. The number of rotatable bonds is 5. The van der Waals surface area contributed by atoms with Gasteiger partial charge in [-0.15, -0.1) is 5.10 Å². The fourth-order valence-electron chi connectivity index (χ4n) is 7.09. The van der Waals surface area contributed by atoms with E-state index in [0.717, 1.165) is 31.6 Å². The Morgan fingerprint density at radius 1 is 1.05 bits per heavy atom. The molecule has 4 heterocycles. The normalized spacial score (nSPS) is 28.3. The smallest absolute Gasteiger partial charge is 0.258 e. The molecule has 0 radical (unpaired) electrons. The highest BCUT2D eigenvalue weighted by Gasteiger charge is 2.39. The Kier molecular flexibility index (Phi) is 9.36. The lowest BCUT2D eigenvalue weighted by atomic mass is 9.88. The minimum absolute atomic E-state index is 0.0203. The van der Waals surface area contributed by atoms with Crippen LogP contribution in [0.1, 0.15) is 73.5 Å². The van der Waals surface area contributed by atoms with E-state index in [-0.39, 0.29) is 30.1 Å². The van der Waals surface area contributed by atoms with Gasteiger partial charge in [-0.3, -0.25) is 14.5 Å². The van der Waals surface area contributed by atoms with Crippen LogP contribution in [0, 0.1) is 5.92 Å². The molecule has 1 aromatic heterocycles. The number of amides is 2. The number of benzene rings is 1. The van der Waals surface area contributed by atoms with Gasteiger partial charge in [0.15, 0.2) is 0 Å². The number of nitrogens with zero attached hydrogens (tertiary/aromatic N) is 5. The van der Waals surface area contributed by atoms with Gasteiger partial charge in [-0.05, 0) is 43.7 Å². The van der Waals surface area contributed by atoms with Gasteiger partial charge in [0.1, 0.15) is 17.5 Å². The second-order valence-corrected chi connectivity index (χ2v) is 12.2. The topological polar surface area (TPSA) is 111 Å². The largest absolute Gasteiger partial charge is 0.493 e. The second-order valence-electron chi connectivity index (χ2n) is 12.2. The summed E-state index contributed by atoms with van der Waals surface area (Å²) >= 11 is 0. The lowest BCUT2D eigenvalue weighted by molar-refractivity contribution is -0.130. The number of methoxy groups -OCH3 is 1. The third-order valence-electron chi connectivity index (χ3n) is 9.33. The van der Waals surface area contributed by atoms with Crippen molar-refractivity contribution >= 4 is 11.8 Å². The quantitative estimate of drug-likeness (QED) is 0.575. The maximum absolute atomic E-state index is 14.0. The highest BCUT2D eigenvalue weighted by atomic mass is 16.5. The molecular weight excluding hydrogens is 536 g/mol. The SMILES string of the molecule is COCc1cn([C@@H]2CC[C@H]3CCOc4ccccc4C(=O)N4CCN(CC5CCCCC5)C[C@H]4C(=O)NC[C@H]2O3)nn1. The molecule has 4 atom stereocenters. The molecule has 1 aliphatic carbocycles. The summed E-state index contributed by atoms with van der Waals surface area (Å²) in [6.45, 7) is 3.94. The van der Waals surface area contributed by atoms with Crippen LogP contribution >= 0.6 is 0 Å². The zero-order chi connectivity index (χ0) is 28.9. The lowest BCUT2D eigenvalue weighted by Gasteiger charge is -2.43. The molecule has 3 fully saturated rings. The van der Waals surface area contributed by atoms with Crippen LogP contribution < -0.4 is 10.1 Å². The first-order chi connectivity index (χ1) is 20.6. The number of nitrogens with one attached hydrogen (secondary N) is 1. The summed E-state index contributed by atoms with van der Waals surface area (Å²) in [5.41, 5.74) is 1.26. The van der Waals surface area contributed by atoms with Gasteiger partial charge in [-0.25, -0.2) is 4.68 Å². The molecular formula is C31H44N6O5. The van der Waals surface area contributed by atoms with E-state index in [1.165, 1.54) is 32.1 Å². The Balaban J connectivity index is 1.24. The average Bonchev–Trinajstić information content (AvgIpc) is 3.48. The van der Waals surface area contributed by atoms with Crippen molar-refractivity contribution in [3.05, 3.63) is 41.7 Å². The van der Waals surface area contributed by atoms with Gasteiger partial charge in [0.2, 0.25) is 5.91 Å². The van der Waals surface area contributed by atoms with E-state index in [4.69, 9.17) is 14.2 Å². The minimum atomic E-state index is -0.594. The van der Waals surface area contributed by atoms with Crippen molar-refractivity contribution in [3.8, 4) is 5.75 Å². The molecule has 11 nitrogen and oxygen atoms in total. The third-order valence-corrected chi connectivity index (χ3v) is 9.33. The zero-order valence-electron chi connectivity index (χ0n) is 24.7. The maximum atomic E-state index is 14.0. The van der Waals surface area contributed by atoms with Gasteiger partial charge in [0.05, 0.1) is 43.2 Å². The van der Waals surface area contributed by atoms with Gasteiger partial charge < -0.3 is 24.4 Å². The molecule has 1 N–H and O–H groups in total. The summed E-state index contributed by atoms with van der Waals surface area (Å²) in [5.74, 6) is 0.926. The molecule has 4 aliphatic rings. The predicted molar refractivity (Wildman–Crippen MR) is 155 cm³/mol. The number of fused-ring (bicyclic) bond motifs is 4. The molecule has 11 heteroatoms. The lowest BCUT2D eigenvalue weighted by Crippen LogP contribution is -2.61. The maximum Gasteiger partial charge on any atom is 0.258 e. The van der Waals surface area contributed by atoms with Crippen molar-refractivity contribution in [1.29, 1.82) is 0 Å². The summed E-state index contributed by atoms with van der Waals surface area (Å²) < 4.78 is 19.8. The molecule has 3 aliphatic heterocycles. The van der Waals surface area contributed by atoms with Gasteiger partial charge in [0, 0.05) is 46.3 Å². The van der Waals surface area contributed by atoms with E-state index in [0.29, 0.717) is 56.5 Å². The molecule has 0 unspecified atom stereocenters. The predicted octanol–water partition coefficient (Wildman–Crippen LogP) is 2.82. The van der Waals surface area contributed by atoms with Crippen LogP contribution in [0.3, 0.4) is 0 Å². The molecule has 0 spiro atoms. The Hall–Kier alpha value is -3.02. The van der Waals surface area contributed by atoms with E-state index >= 15 is 0 Å². The molecule has 6 rings (SSSR count). The van der Waals surface area contributed by atoms with Crippen LogP contribution in [0.4, 0.5) is 0 Å². The van der Waals surface area contributed by atoms with Crippen LogP contribution in [-0.2, 0) is 20.9 Å². The first-order valence-electron chi connectivity index (χ1n) is 15.7. The number of ether oxygens (including phenoxy) is 3. The van der Waals surface area contributed by atoms with Crippen molar-refractivity contribution in [2.45, 2.75) is 82.3 Å². The van der Waals surface area contributed by atoms with Crippen LogP contribution in [0.2, 0.25) is 0 Å². The van der Waals surface area contributed by atoms with Crippen molar-refractivity contribution in [1.82, 2.24) is 30.1 Å². The van der Waals surface area contributed by atoms with Crippen molar-refractivity contribution in [2.24, 2.45) is 5.92 Å². The van der Waals surface area contributed by atoms with Crippen LogP contribution in [0.25, 0.3) is 0 Å². The van der Waals surface area contributed by atoms with Crippen LogP contribution in [0.5, 0.6) is 5.75 Å². The Bertz CT molecular complexity index is 1220. The van der Waals surface area contributed by atoms with E-state index in [1.54, 1.807) is 18.1 Å². The van der Waals surface area contributed by atoms with Crippen molar-refractivity contribution in [2.75, 3.05) is 46.4 Å². The first kappa shape index (κ1) is 29.1. The zero-order valence-corrected chi connectivity index (χ0v) is 24.7. The fraction of sp³-hybridized carbons (Fsp3) is 0.677. The van der Waals surface area contributed by atoms with Crippen LogP contribution in [0.15, 0.2) is 30.5 Å². The first-order valence-corrected chi connectivity index (χ1v) is 15.7. The number of hydrogen-bond acceptors (Lipinski definition) is 8. The number of aromatic nitrogens is 3. The van der Waals surface area contributed by atoms with Gasteiger partial charge in [-0.1, -0.05) is 36.6 Å². The number of para-hydroxylation sites is 1. The summed E-state index contributed by atoms with van der Waals surface area (Å²) in [7, 11) is 1.64. The molecule has 2 aromatic rings. The Labute approximate surface area is 247 Å². The highest BCUT2D eigenvalue weighted by molar-refractivity contribution is 6.00. The number of carbonyl (C=O) groups excluding carboxylic acids is 2. The van der Waals surface area contributed by atoms with E-state index in [2.05, 4.69) is 20.5 Å². The van der Waals surface area contributed by atoms with Crippen molar-refractivity contribution in [3.63, 3.8) is 0 Å². The van der Waals surface area contributed by atoms with E-state index in [9.17, 15) is 9.59 Å². The van der Waals surface area contributed by atoms with Crippen molar-refractivity contribution < 1.29 is 23.8 Å². The molecule has 2 amide bonds. The van der Waals surface area contributed by atoms with E-state index < -0.39 is 6.04 Å². The standard InChI is InChI=1S/C31H44N6O5/c1-40-21-23-19-37(34-33-23)26-12-11-24-13-16-41-28-10-6-5-9-25(28)31(39)36-15-14-35(18-22-7-3-2-4-8-22)20-27(36)30(38)32-17-29(26)42-24/h5-6,9-10,19,22,24,26-27,29H,2-4,7-8,11-18,20-21H2,1H3,(H,32,38)/t24-,26+,27-,29+/m0/s1. The summed E-state index contributed by atoms with van der Waals surface area (Å²) in [4.78, 5) is 32.0. The Morgan fingerprint density at radius 3 is 2.76 bits per heavy atom.